The van der Waals surface area contributed by atoms with E-state index >= 15 is 0 Å². The largest absolute Gasteiger partial charge is 0.489 e. The van der Waals surface area contributed by atoms with Gasteiger partial charge in [-0.1, -0.05) is 44.0 Å². The number of hydrogen-bond acceptors (Lipinski definition) is 2. The lowest BCUT2D eigenvalue weighted by Gasteiger charge is -2.29. The number of ether oxygens (including phenoxy) is 1. The monoisotopic (exact) mass is 309 g/mol. The Morgan fingerprint density at radius 3 is 2.62 bits per heavy atom. The van der Waals surface area contributed by atoms with E-state index in [0.717, 1.165) is 49.0 Å². The molecule has 1 saturated carbocycles. The number of para-hydroxylation sites is 1. The van der Waals surface area contributed by atoms with Crippen LogP contribution in [-0.4, -0.2) is 12.6 Å². The Morgan fingerprint density at radius 2 is 1.95 bits per heavy atom. The minimum atomic E-state index is 0.331. The molecule has 0 heterocycles. The lowest BCUT2D eigenvalue weighted by atomic mass is 9.86. The Kier molecular flexibility index (Phi) is 6.85. The van der Waals surface area contributed by atoms with Crippen LogP contribution in [0.15, 0.2) is 18.2 Å². The zero-order chi connectivity index (χ0) is 15.1. The molecule has 0 atom stereocenters. The third-order valence-electron chi connectivity index (χ3n) is 4.45. The molecule has 0 radical (unpaired) electrons. The van der Waals surface area contributed by atoms with Gasteiger partial charge in [-0.15, -0.1) is 0 Å². The van der Waals surface area contributed by atoms with Gasteiger partial charge in [-0.3, -0.25) is 0 Å². The van der Waals surface area contributed by atoms with Crippen LogP contribution in [0, 0.1) is 5.92 Å². The van der Waals surface area contributed by atoms with Gasteiger partial charge < -0.3 is 10.1 Å². The van der Waals surface area contributed by atoms with E-state index in [9.17, 15) is 0 Å². The van der Waals surface area contributed by atoms with Crippen molar-refractivity contribution in [3.05, 3.63) is 28.8 Å². The number of nitrogens with one attached hydrogen (secondary N) is 1. The summed E-state index contributed by atoms with van der Waals surface area (Å²) in [6.45, 7) is 6.31. The highest BCUT2D eigenvalue weighted by molar-refractivity contribution is 6.32. The van der Waals surface area contributed by atoms with Crippen LogP contribution in [0.4, 0.5) is 0 Å². The molecule has 118 valence electrons. The average Bonchev–Trinajstić information content (AvgIpc) is 2.51. The van der Waals surface area contributed by atoms with Crippen molar-refractivity contribution in [3.8, 4) is 5.75 Å². The van der Waals surface area contributed by atoms with Gasteiger partial charge in [0.15, 0.2) is 0 Å². The first kappa shape index (κ1) is 16.6. The third kappa shape index (κ3) is 4.89. The van der Waals surface area contributed by atoms with Gasteiger partial charge in [0, 0.05) is 12.1 Å². The van der Waals surface area contributed by atoms with Crippen LogP contribution >= 0.6 is 11.6 Å². The summed E-state index contributed by atoms with van der Waals surface area (Å²) in [5.74, 6) is 1.78. The Morgan fingerprint density at radius 1 is 1.19 bits per heavy atom. The summed E-state index contributed by atoms with van der Waals surface area (Å²) < 4.78 is 6.27. The van der Waals surface area contributed by atoms with Crippen LogP contribution in [-0.2, 0) is 6.54 Å². The molecule has 1 aromatic rings. The van der Waals surface area contributed by atoms with Crippen molar-refractivity contribution in [2.75, 3.05) is 6.54 Å². The molecule has 2 nitrogen and oxygen atoms in total. The van der Waals surface area contributed by atoms with Crippen LogP contribution in [0.25, 0.3) is 0 Å². The molecule has 0 aliphatic heterocycles. The first-order chi connectivity index (χ1) is 10.2. The van der Waals surface area contributed by atoms with Crippen LogP contribution in [0.3, 0.4) is 0 Å². The summed E-state index contributed by atoms with van der Waals surface area (Å²) in [6.07, 6.45) is 7.65. The van der Waals surface area contributed by atoms with Crippen LogP contribution in [0.1, 0.15) is 57.9 Å². The Labute approximate surface area is 134 Å². The predicted molar refractivity (Wildman–Crippen MR) is 90.1 cm³/mol. The van der Waals surface area contributed by atoms with E-state index < -0.39 is 0 Å². The zero-order valence-electron chi connectivity index (χ0n) is 13.3. The van der Waals surface area contributed by atoms with E-state index in [2.05, 4.69) is 25.2 Å². The van der Waals surface area contributed by atoms with Crippen molar-refractivity contribution in [3.63, 3.8) is 0 Å². The number of halogens is 1. The van der Waals surface area contributed by atoms with Crippen molar-refractivity contribution >= 4 is 11.6 Å². The first-order valence-electron chi connectivity index (χ1n) is 8.39. The molecule has 0 unspecified atom stereocenters. The summed E-state index contributed by atoms with van der Waals surface area (Å²) >= 11 is 6.36. The molecule has 1 aliphatic rings. The Hall–Kier alpha value is -0.730. The molecule has 1 fully saturated rings. The second-order valence-electron chi connectivity index (χ2n) is 6.07. The summed E-state index contributed by atoms with van der Waals surface area (Å²) in [7, 11) is 0. The molecular formula is C18H28ClNO. The summed E-state index contributed by atoms with van der Waals surface area (Å²) in [5, 5.41) is 4.17. The lowest BCUT2D eigenvalue weighted by molar-refractivity contribution is 0.129. The minimum absolute atomic E-state index is 0.331. The second kappa shape index (κ2) is 8.65. The molecular weight excluding hydrogens is 282 g/mol. The SMILES string of the molecule is CCCNCc1cccc(Cl)c1OC1CCC(CC)CC1. The molecule has 2 rings (SSSR count). The van der Waals surface area contributed by atoms with Gasteiger partial charge in [-0.2, -0.15) is 0 Å². The van der Waals surface area contributed by atoms with Gasteiger partial charge in [0.2, 0.25) is 0 Å². The summed E-state index contributed by atoms with van der Waals surface area (Å²) in [6, 6.07) is 6.05. The van der Waals surface area contributed by atoms with E-state index in [4.69, 9.17) is 16.3 Å². The molecule has 21 heavy (non-hydrogen) atoms. The Bertz CT molecular complexity index is 427. The molecule has 0 bridgehead atoms. The predicted octanol–water partition coefficient (Wildman–Crippen LogP) is 5.19. The van der Waals surface area contributed by atoms with E-state index in [-0.39, 0.29) is 0 Å². The van der Waals surface area contributed by atoms with E-state index in [1.165, 1.54) is 24.8 Å². The van der Waals surface area contributed by atoms with Crippen LogP contribution in [0.5, 0.6) is 5.75 Å². The van der Waals surface area contributed by atoms with Crippen LogP contribution in [0.2, 0.25) is 5.02 Å². The maximum absolute atomic E-state index is 6.36. The number of hydrogen-bond donors (Lipinski definition) is 1. The summed E-state index contributed by atoms with van der Waals surface area (Å²) in [4.78, 5) is 0. The maximum atomic E-state index is 6.36. The molecule has 0 aromatic heterocycles. The molecule has 1 aliphatic carbocycles. The standard InChI is InChI=1S/C18H28ClNO/c1-3-12-20-13-15-6-5-7-17(19)18(15)21-16-10-8-14(4-2)9-11-16/h5-7,14,16,20H,3-4,8-13H2,1-2H3. The van der Waals surface area contributed by atoms with Gasteiger partial charge in [0.05, 0.1) is 11.1 Å². The van der Waals surface area contributed by atoms with Crippen molar-refractivity contribution < 1.29 is 4.74 Å². The topological polar surface area (TPSA) is 21.3 Å². The first-order valence-corrected chi connectivity index (χ1v) is 8.77. The molecule has 0 spiro atoms. The Balaban J connectivity index is 1.98. The van der Waals surface area contributed by atoms with Gasteiger partial charge in [0.1, 0.15) is 5.75 Å². The van der Waals surface area contributed by atoms with Gasteiger partial charge in [-0.05, 0) is 50.6 Å². The quantitative estimate of drug-likeness (QED) is 0.700. The van der Waals surface area contributed by atoms with Crippen LogP contribution < -0.4 is 10.1 Å². The highest BCUT2D eigenvalue weighted by atomic mass is 35.5. The van der Waals surface area contributed by atoms with Crippen molar-refractivity contribution in [2.24, 2.45) is 5.92 Å². The molecule has 0 amide bonds. The fourth-order valence-electron chi connectivity index (χ4n) is 3.05. The smallest absolute Gasteiger partial charge is 0.142 e. The van der Waals surface area contributed by atoms with E-state index in [1.807, 2.05) is 12.1 Å². The molecule has 1 N–H and O–H groups in total. The van der Waals surface area contributed by atoms with Crippen molar-refractivity contribution in [1.82, 2.24) is 5.32 Å². The fourth-order valence-corrected chi connectivity index (χ4v) is 3.29. The van der Waals surface area contributed by atoms with Crippen molar-refractivity contribution in [1.29, 1.82) is 0 Å². The highest BCUT2D eigenvalue weighted by Crippen LogP contribution is 2.34. The van der Waals surface area contributed by atoms with Gasteiger partial charge in [0.25, 0.3) is 0 Å². The third-order valence-corrected chi connectivity index (χ3v) is 4.74. The zero-order valence-corrected chi connectivity index (χ0v) is 14.1. The molecule has 0 saturated heterocycles. The van der Waals surface area contributed by atoms with E-state index in [0.29, 0.717) is 6.10 Å². The minimum Gasteiger partial charge on any atom is -0.489 e. The highest BCUT2D eigenvalue weighted by Gasteiger charge is 2.22. The van der Waals surface area contributed by atoms with Gasteiger partial charge >= 0.3 is 0 Å². The molecule has 1 aromatic carbocycles. The average molecular weight is 310 g/mol. The lowest BCUT2D eigenvalue weighted by Crippen LogP contribution is -2.25. The normalized spacial score (nSPS) is 22.2. The second-order valence-corrected chi connectivity index (χ2v) is 6.48. The molecule has 3 heteroatoms. The maximum Gasteiger partial charge on any atom is 0.142 e. The number of rotatable bonds is 7. The summed E-state index contributed by atoms with van der Waals surface area (Å²) in [5.41, 5.74) is 1.17. The fraction of sp³-hybridized carbons (Fsp3) is 0.667. The van der Waals surface area contributed by atoms with Crippen molar-refractivity contribution in [2.45, 2.75) is 65.0 Å². The van der Waals surface area contributed by atoms with Gasteiger partial charge in [-0.25, -0.2) is 0 Å². The number of benzene rings is 1. The van der Waals surface area contributed by atoms with E-state index in [1.54, 1.807) is 0 Å².